The summed E-state index contributed by atoms with van der Waals surface area (Å²) < 4.78 is 6.03. The van der Waals surface area contributed by atoms with E-state index >= 15 is 0 Å². The average Bonchev–Trinajstić information content (AvgIpc) is 2.67. The molecule has 2 nitrogen and oxygen atoms in total. The lowest BCUT2D eigenvalue weighted by molar-refractivity contribution is 0.292. The molecular weight excluding hydrogens is 306 g/mol. The Balaban J connectivity index is 1.87. The van der Waals surface area contributed by atoms with Gasteiger partial charge in [0, 0.05) is 11.3 Å². The summed E-state index contributed by atoms with van der Waals surface area (Å²) in [5, 5.41) is 0. The number of rotatable bonds is 6. The van der Waals surface area contributed by atoms with E-state index in [9.17, 15) is 0 Å². The van der Waals surface area contributed by atoms with E-state index in [1.54, 1.807) is 0 Å². The number of hydrogen-bond donors (Lipinski definition) is 0. The molecule has 0 amide bonds. The smallest absolute Gasteiger partial charge is 0.221 e. The Labute approximate surface area is 149 Å². The van der Waals surface area contributed by atoms with Crippen LogP contribution in [0.4, 0.5) is 0 Å². The summed E-state index contributed by atoms with van der Waals surface area (Å²) in [5.74, 6) is 0.686. The highest BCUT2D eigenvalue weighted by molar-refractivity contribution is 5.72. The summed E-state index contributed by atoms with van der Waals surface area (Å²) in [7, 11) is 0. The van der Waals surface area contributed by atoms with Crippen LogP contribution >= 0.6 is 0 Å². The van der Waals surface area contributed by atoms with Crippen LogP contribution in [-0.2, 0) is 13.0 Å². The van der Waals surface area contributed by atoms with Crippen molar-refractivity contribution in [3.8, 4) is 5.88 Å². The van der Waals surface area contributed by atoms with E-state index in [2.05, 4.69) is 49.4 Å². The Morgan fingerprint density at radius 2 is 1.60 bits per heavy atom. The minimum Gasteiger partial charge on any atom is -0.472 e. The van der Waals surface area contributed by atoms with Crippen LogP contribution in [0.5, 0.6) is 5.88 Å². The first-order valence-corrected chi connectivity index (χ1v) is 8.66. The SMILES string of the molecule is CCc1cc(/C=C/c2ccccc2)c(OCc2ccccc2)nc1C. The normalized spacial score (nSPS) is 11.0. The molecule has 25 heavy (non-hydrogen) atoms. The van der Waals surface area contributed by atoms with E-state index < -0.39 is 0 Å². The second-order valence-electron chi connectivity index (χ2n) is 6.00. The Hall–Kier alpha value is -2.87. The molecule has 0 bridgehead atoms. The predicted molar refractivity (Wildman–Crippen MR) is 104 cm³/mol. The van der Waals surface area contributed by atoms with Crippen LogP contribution in [0.15, 0.2) is 66.7 Å². The largest absolute Gasteiger partial charge is 0.472 e. The molecule has 3 aromatic rings. The number of pyridine rings is 1. The molecule has 1 heterocycles. The Kier molecular flexibility index (Phi) is 5.63. The highest BCUT2D eigenvalue weighted by Gasteiger charge is 2.08. The number of aryl methyl sites for hydroxylation is 2. The van der Waals surface area contributed by atoms with Crippen LogP contribution in [0, 0.1) is 6.92 Å². The number of hydrogen-bond acceptors (Lipinski definition) is 2. The van der Waals surface area contributed by atoms with Gasteiger partial charge in [-0.3, -0.25) is 0 Å². The summed E-state index contributed by atoms with van der Waals surface area (Å²) in [6, 6.07) is 22.6. The van der Waals surface area contributed by atoms with Gasteiger partial charge in [-0.25, -0.2) is 4.98 Å². The van der Waals surface area contributed by atoms with Gasteiger partial charge in [0.05, 0.1) is 0 Å². The van der Waals surface area contributed by atoms with Gasteiger partial charge in [-0.15, -0.1) is 0 Å². The highest BCUT2D eigenvalue weighted by atomic mass is 16.5. The van der Waals surface area contributed by atoms with Crippen molar-refractivity contribution in [3.05, 3.63) is 94.7 Å². The van der Waals surface area contributed by atoms with E-state index in [1.807, 2.05) is 43.3 Å². The van der Waals surface area contributed by atoms with E-state index in [-0.39, 0.29) is 0 Å². The Morgan fingerprint density at radius 1 is 0.920 bits per heavy atom. The van der Waals surface area contributed by atoms with Gasteiger partial charge in [0.15, 0.2) is 0 Å². The quantitative estimate of drug-likeness (QED) is 0.578. The lowest BCUT2D eigenvalue weighted by atomic mass is 10.1. The fourth-order valence-corrected chi connectivity index (χ4v) is 2.71. The maximum Gasteiger partial charge on any atom is 0.221 e. The van der Waals surface area contributed by atoms with Crippen LogP contribution < -0.4 is 4.74 Å². The van der Waals surface area contributed by atoms with Gasteiger partial charge >= 0.3 is 0 Å². The minimum atomic E-state index is 0.519. The molecule has 2 aromatic carbocycles. The minimum absolute atomic E-state index is 0.519. The Morgan fingerprint density at radius 3 is 2.28 bits per heavy atom. The first-order valence-electron chi connectivity index (χ1n) is 8.66. The highest BCUT2D eigenvalue weighted by Crippen LogP contribution is 2.23. The fraction of sp³-hybridized carbons (Fsp3) is 0.174. The zero-order valence-electron chi connectivity index (χ0n) is 14.8. The molecule has 126 valence electrons. The molecule has 0 N–H and O–H groups in total. The molecule has 0 aliphatic carbocycles. The van der Waals surface area contributed by atoms with Gasteiger partial charge in [-0.1, -0.05) is 73.7 Å². The van der Waals surface area contributed by atoms with Gasteiger partial charge < -0.3 is 4.74 Å². The second kappa shape index (κ2) is 8.29. The van der Waals surface area contributed by atoms with Gasteiger partial charge in [0.25, 0.3) is 0 Å². The van der Waals surface area contributed by atoms with Crippen molar-refractivity contribution < 1.29 is 4.74 Å². The molecule has 0 fully saturated rings. The molecule has 0 unspecified atom stereocenters. The third-order valence-electron chi connectivity index (χ3n) is 4.16. The first-order chi connectivity index (χ1) is 12.3. The molecule has 0 saturated carbocycles. The summed E-state index contributed by atoms with van der Waals surface area (Å²) >= 11 is 0. The maximum absolute atomic E-state index is 6.03. The molecule has 0 atom stereocenters. The van der Waals surface area contributed by atoms with Crippen LogP contribution in [0.25, 0.3) is 12.2 Å². The molecule has 1 aromatic heterocycles. The van der Waals surface area contributed by atoms with Crippen molar-refractivity contribution >= 4 is 12.2 Å². The average molecular weight is 329 g/mol. The van der Waals surface area contributed by atoms with Crippen molar-refractivity contribution in [3.63, 3.8) is 0 Å². The van der Waals surface area contributed by atoms with E-state index in [0.717, 1.165) is 28.8 Å². The van der Waals surface area contributed by atoms with Crippen LogP contribution in [0.2, 0.25) is 0 Å². The standard InChI is InChI=1S/C23H23NO/c1-3-21-16-22(15-14-19-10-6-4-7-11-19)23(24-18(21)2)25-17-20-12-8-5-9-13-20/h4-16H,3,17H2,1-2H3/b15-14+. The molecule has 0 radical (unpaired) electrons. The molecule has 0 spiro atoms. The number of nitrogens with zero attached hydrogens (tertiary/aromatic N) is 1. The van der Waals surface area contributed by atoms with E-state index in [0.29, 0.717) is 12.5 Å². The van der Waals surface area contributed by atoms with Crippen molar-refractivity contribution in [2.75, 3.05) is 0 Å². The summed E-state index contributed by atoms with van der Waals surface area (Å²) in [6.07, 6.45) is 5.15. The summed E-state index contributed by atoms with van der Waals surface area (Å²) in [6.45, 7) is 4.71. The van der Waals surface area contributed by atoms with Gasteiger partial charge in [0.1, 0.15) is 6.61 Å². The van der Waals surface area contributed by atoms with Crippen molar-refractivity contribution in [1.29, 1.82) is 0 Å². The molecule has 0 aliphatic rings. The topological polar surface area (TPSA) is 22.1 Å². The monoisotopic (exact) mass is 329 g/mol. The van der Waals surface area contributed by atoms with Crippen molar-refractivity contribution in [1.82, 2.24) is 4.98 Å². The third kappa shape index (κ3) is 4.57. The molecular formula is C23H23NO. The lowest BCUT2D eigenvalue weighted by Crippen LogP contribution is -2.02. The zero-order valence-corrected chi connectivity index (χ0v) is 14.8. The molecule has 0 saturated heterocycles. The van der Waals surface area contributed by atoms with Crippen LogP contribution in [0.3, 0.4) is 0 Å². The first kappa shape index (κ1) is 17.0. The van der Waals surface area contributed by atoms with Gasteiger partial charge in [-0.2, -0.15) is 0 Å². The maximum atomic E-state index is 6.03. The summed E-state index contributed by atoms with van der Waals surface area (Å²) in [5.41, 5.74) is 5.60. The Bertz CT molecular complexity index is 839. The van der Waals surface area contributed by atoms with Gasteiger partial charge in [-0.05, 0) is 42.2 Å². The van der Waals surface area contributed by atoms with Crippen LogP contribution in [-0.4, -0.2) is 4.98 Å². The van der Waals surface area contributed by atoms with Crippen molar-refractivity contribution in [2.24, 2.45) is 0 Å². The lowest BCUT2D eigenvalue weighted by Gasteiger charge is -2.12. The third-order valence-corrected chi connectivity index (χ3v) is 4.16. The predicted octanol–water partition coefficient (Wildman–Crippen LogP) is 5.70. The number of ether oxygens (including phenoxy) is 1. The fourth-order valence-electron chi connectivity index (χ4n) is 2.71. The summed E-state index contributed by atoms with van der Waals surface area (Å²) in [4.78, 5) is 4.70. The second-order valence-corrected chi connectivity index (χ2v) is 6.00. The van der Waals surface area contributed by atoms with Gasteiger partial charge in [0.2, 0.25) is 5.88 Å². The van der Waals surface area contributed by atoms with E-state index in [4.69, 9.17) is 9.72 Å². The number of aromatic nitrogens is 1. The molecule has 3 rings (SSSR count). The number of benzene rings is 2. The molecule has 0 aliphatic heterocycles. The molecule has 2 heteroatoms. The van der Waals surface area contributed by atoms with Crippen LogP contribution in [0.1, 0.15) is 34.9 Å². The van der Waals surface area contributed by atoms with E-state index in [1.165, 1.54) is 5.56 Å². The van der Waals surface area contributed by atoms with Crippen molar-refractivity contribution in [2.45, 2.75) is 26.9 Å². The zero-order chi connectivity index (χ0) is 17.5.